The molecule has 1 fully saturated rings. The summed E-state index contributed by atoms with van der Waals surface area (Å²) < 4.78 is 49.1. The molecule has 0 aliphatic heterocycles. The van der Waals surface area contributed by atoms with Crippen LogP contribution in [-0.4, -0.2) is 5.97 Å². The molecule has 4 rings (SSSR count). The van der Waals surface area contributed by atoms with Gasteiger partial charge in [-0.15, -0.1) is 0 Å². The molecule has 5 heteroatoms. The predicted molar refractivity (Wildman–Crippen MR) is 132 cm³/mol. The van der Waals surface area contributed by atoms with Crippen LogP contribution in [0.15, 0.2) is 54.6 Å². The monoisotopic (exact) mass is 480 g/mol. The van der Waals surface area contributed by atoms with Gasteiger partial charge in [-0.25, -0.2) is 13.6 Å². The van der Waals surface area contributed by atoms with Gasteiger partial charge in [0.05, 0.1) is 5.56 Å². The van der Waals surface area contributed by atoms with E-state index in [2.05, 4.69) is 6.92 Å². The number of ether oxygens (including phenoxy) is 1. The first-order chi connectivity index (χ1) is 16.9. The summed E-state index contributed by atoms with van der Waals surface area (Å²) in [6.45, 7) is 4.16. The molecule has 2 nitrogen and oxygen atoms in total. The Labute approximate surface area is 205 Å². The third kappa shape index (κ3) is 5.61. The molecule has 0 radical (unpaired) electrons. The number of carbonyl (C=O) groups is 1. The van der Waals surface area contributed by atoms with E-state index in [9.17, 15) is 18.0 Å². The van der Waals surface area contributed by atoms with Gasteiger partial charge >= 0.3 is 5.97 Å². The minimum atomic E-state index is -1.13. The number of hydrogen-bond donors (Lipinski definition) is 0. The molecule has 0 unspecified atom stereocenters. The van der Waals surface area contributed by atoms with Gasteiger partial charge in [-0.2, -0.15) is 4.39 Å². The van der Waals surface area contributed by atoms with Gasteiger partial charge < -0.3 is 4.74 Å². The minimum Gasteiger partial charge on any atom is -0.420 e. The maximum atomic E-state index is 14.8. The molecule has 0 heterocycles. The van der Waals surface area contributed by atoms with E-state index in [0.29, 0.717) is 29.0 Å². The van der Waals surface area contributed by atoms with Crippen molar-refractivity contribution in [3.05, 3.63) is 88.7 Å². The molecular formula is C30H31F3O2. The zero-order valence-electron chi connectivity index (χ0n) is 20.3. The van der Waals surface area contributed by atoms with Crippen molar-refractivity contribution >= 4 is 5.97 Å². The molecule has 0 aromatic heterocycles. The Morgan fingerprint density at radius 3 is 2.17 bits per heavy atom. The highest BCUT2D eigenvalue weighted by atomic mass is 19.2. The number of esters is 1. The van der Waals surface area contributed by atoms with Crippen LogP contribution in [-0.2, 0) is 6.42 Å². The van der Waals surface area contributed by atoms with Crippen molar-refractivity contribution in [2.75, 3.05) is 0 Å². The van der Waals surface area contributed by atoms with Gasteiger partial charge in [-0.1, -0.05) is 57.0 Å². The maximum Gasteiger partial charge on any atom is 0.343 e. The van der Waals surface area contributed by atoms with Crippen molar-refractivity contribution in [3.8, 4) is 16.9 Å². The summed E-state index contributed by atoms with van der Waals surface area (Å²) >= 11 is 0. The third-order valence-electron chi connectivity index (χ3n) is 7.17. The average Bonchev–Trinajstić information content (AvgIpc) is 2.88. The highest BCUT2D eigenvalue weighted by Gasteiger charge is 2.26. The number of benzene rings is 3. The second-order valence-electron chi connectivity index (χ2n) is 9.43. The lowest BCUT2D eigenvalue weighted by Gasteiger charge is -2.28. The van der Waals surface area contributed by atoms with E-state index in [-0.39, 0.29) is 17.3 Å². The van der Waals surface area contributed by atoms with Gasteiger partial charge in [0, 0.05) is 0 Å². The van der Waals surface area contributed by atoms with Gasteiger partial charge in [-0.3, -0.25) is 0 Å². The highest BCUT2D eigenvalue weighted by Crippen LogP contribution is 2.39. The fourth-order valence-electron chi connectivity index (χ4n) is 4.98. The van der Waals surface area contributed by atoms with E-state index in [4.69, 9.17) is 4.74 Å². The Balaban J connectivity index is 1.45. The zero-order valence-corrected chi connectivity index (χ0v) is 20.3. The summed E-state index contributed by atoms with van der Waals surface area (Å²) in [6.07, 6.45) is 6.36. The first kappa shape index (κ1) is 25.0. The standard InChI is InChI=1S/C30H31F3O2/c1-3-5-22-12-15-24(18-26(22)31)20-10-13-23(14-11-20)30(34)35-27-17-16-25(28(32)29(27)33)21-8-6-19(4-2)7-9-21/h10-19,21H,3-9H2,1-2H3. The van der Waals surface area contributed by atoms with E-state index in [1.807, 2.05) is 13.0 Å². The molecule has 0 bridgehead atoms. The lowest BCUT2D eigenvalue weighted by Crippen LogP contribution is -2.15. The second-order valence-corrected chi connectivity index (χ2v) is 9.43. The average molecular weight is 481 g/mol. The van der Waals surface area contributed by atoms with Gasteiger partial charge in [0.1, 0.15) is 5.82 Å². The Morgan fingerprint density at radius 2 is 1.54 bits per heavy atom. The number of hydrogen-bond acceptors (Lipinski definition) is 2. The lowest BCUT2D eigenvalue weighted by atomic mass is 9.77. The first-order valence-electron chi connectivity index (χ1n) is 12.5. The molecule has 0 N–H and O–H groups in total. The van der Waals surface area contributed by atoms with Gasteiger partial charge in [0.15, 0.2) is 11.6 Å². The molecule has 0 amide bonds. The smallest absolute Gasteiger partial charge is 0.343 e. The van der Waals surface area contributed by atoms with Crippen LogP contribution in [0.3, 0.4) is 0 Å². The Hall–Kier alpha value is -3.08. The first-order valence-corrected chi connectivity index (χ1v) is 12.5. The van der Waals surface area contributed by atoms with Crippen molar-refractivity contribution in [3.63, 3.8) is 0 Å². The quantitative estimate of drug-likeness (QED) is 0.250. The summed E-state index contributed by atoms with van der Waals surface area (Å²) in [5.74, 6) is -2.87. The Bertz CT molecular complexity index is 1180. The van der Waals surface area contributed by atoms with Gasteiger partial charge in [0.25, 0.3) is 0 Å². The topological polar surface area (TPSA) is 26.3 Å². The van der Waals surface area contributed by atoms with E-state index in [0.717, 1.165) is 44.1 Å². The fraction of sp³-hybridized carbons (Fsp3) is 0.367. The summed E-state index contributed by atoms with van der Waals surface area (Å²) in [7, 11) is 0. The lowest BCUT2D eigenvalue weighted by molar-refractivity contribution is 0.0726. The van der Waals surface area contributed by atoms with Crippen LogP contribution in [0, 0.1) is 23.4 Å². The third-order valence-corrected chi connectivity index (χ3v) is 7.17. The van der Waals surface area contributed by atoms with Crippen LogP contribution in [0.1, 0.15) is 79.8 Å². The molecule has 1 aliphatic carbocycles. The molecule has 0 atom stereocenters. The fourth-order valence-corrected chi connectivity index (χ4v) is 4.98. The zero-order chi connectivity index (χ0) is 24.9. The normalized spacial score (nSPS) is 17.9. The van der Waals surface area contributed by atoms with Crippen molar-refractivity contribution in [1.29, 1.82) is 0 Å². The van der Waals surface area contributed by atoms with Crippen molar-refractivity contribution in [2.45, 2.75) is 64.7 Å². The number of carbonyl (C=O) groups excluding carboxylic acids is 1. The van der Waals surface area contributed by atoms with Crippen LogP contribution >= 0.6 is 0 Å². The molecule has 3 aromatic rings. The van der Waals surface area contributed by atoms with Crippen LogP contribution in [0.5, 0.6) is 5.75 Å². The van der Waals surface area contributed by atoms with E-state index in [1.165, 1.54) is 30.3 Å². The molecule has 3 aromatic carbocycles. The number of halogens is 3. The molecule has 1 saturated carbocycles. The maximum absolute atomic E-state index is 14.8. The summed E-state index contributed by atoms with van der Waals surface area (Å²) in [5.41, 5.74) is 2.66. The molecule has 1 aliphatic rings. The van der Waals surface area contributed by atoms with Gasteiger partial charge in [-0.05, 0) is 90.5 Å². The Kier molecular flexibility index (Phi) is 7.94. The van der Waals surface area contributed by atoms with Gasteiger partial charge in [0.2, 0.25) is 5.82 Å². The van der Waals surface area contributed by atoms with Crippen LogP contribution in [0.4, 0.5) is 13.2 Å². The van der Waals surface area contributed by atoms with E-state index >= 15 is 0 Å². The van der Waals surface area contributed by atoms with Crippen molar-refractivity contribution in [2.24, 2.45) is 5.92 Å². The molecular weight excluding hydrogens is 449 g/mol. The van der Waals surface area contributed by atoms with E-state index < -0.39 is 23.4 Å². The van der Waals surface area contributed by atoms with Crippen LogP contribution in [0.2, 0.25) is 0 Å². The second kappa shape index (κ2) is 11.1. The minimum absolute atomic E-state index is 0.00882. The van der Waals surface area contributed by atoms with Crippen LogP contribution < -0.4 is 4.74 Å². The predicted octanol–water partition coefficient (Wildman–Crippen LogP) is 8.63. The molecule has 184 valence electrons. The largest absolute Gasteiger partial charge is 0.420 e. The van der Waals surface area contributed by atoms with Crippen molar-refractivity contribution in [1.82, 2.24) is 0 Å². The summed E-state index contributed by atoms with van der Waals surface area (Å²) in [6, 6.07) is 14.4. The molecule has 35 heavy (non-hydrogen) atoms. The van der Waals surface area contributed by atoms with Crippen LogP contribution in [0.25, 0.3) is 11.1 Å². The van der Waals surface area contributed by atoms with Crippen molar-refractivity contribution < 1.29 is 22.7 Å². The molecule has 0 saturated heterocycles. The number of rotatable bonds is 7. The van der Waals surface area contributed by atoms with E-state index in [1.54, 1.807) is 18.2 Å². The Morgan fingerprint density at radius 1 is 0.857 bits per heavy atom. The summed E-state index contributed by atoms with van der Waals surface area (Å²) in [5, 5.41) is 0. The SMILES string of the molecule is CCCc1ccc(-c2ccc(C(=O)Oc3ccc(C4CCC(CC)CC4)c(F)c3F)cc2)cc1F. The molecule has 0 spiro atoms. The summed E-state index contributed by atoms with van der Waals surface area (Å²) in [4.78, 5) is 12.6. The number of aryl methyl sites for hydroxylation is 1. The highest BCUT2D eigenvalue weighted by molar-refractivity contribution is 5.91.